The number of pyridine rings is 1. The van der Waals surface area contributed by atoms with E-state index in [9.17, 15) is 23.8 Å². The van der Waals surface area contributed by atoms with Crippen LogP contribution in [0.25, 0.3) is 32.9 Å². The molecule has 236 valence electrons. The summed E-state index contributed by atoms with van der Waals surface area (Å²) in [7, 11) is 0. The zero-order chi connectivity index (χ0) is 31.5. The van der Waals surface area contributed by atoms with Crippen LogP contribution in [-0.2, 0) is 11.2 Å². The van der Waals surface area contributed by atoms with Crippen LogP contribution < -0.4 is 9.64 Å². The molecule has 3 aliphatic rings. The number of halogens is 3. The lowest BCUT2D eigenvalue weighted by Crippen LogP contribution is -2.43. The van der Waals surface area contributed by atoms with Gasteiger partial charge in [0.2, 0.25) is 0 Å². The summed E-state index contributed by atoms with van der Waals surface area (Å²) in [6, 6.07) is 5.61. The fourth-order valence-corrected chi connectivity index (χ4v) is 7.57. The number of ether oxygens (including phenoxy) is 1. The van der Waals surface area contributed by atoms with Crippen molar-refractivity contribution in [3.63, 3.8) is 0 Å². The van der Waals surface area contributed by atoms with Crippen molar-refractivity contribution in [1.82, 2.24) is 19.9 Å². The Morgan fingerprint density at radius 3 is 2.80 bits per heavy atom. The molecule has 45 heavy (non-hydrogen) atoms. The largest absolute Gasteiger partial charge is 0.508 e. The number of hydrogen-bond acceptors (Lipinski definition) is 8. The number of carboxylic acid groups (broad SMARTS) is 1. The minimum atomic E-state index is -0.954. The number of carboxylic acids is 1. The minimum absolute atomic E-state index is 0.0982. The van der Waals surface area contributed by atoms with E-state index >= 15 is 4.39 Å². The number of aryl methyl sites for hydroxylation is 1. The third-order valence-electron chi connectivity index (χ3n) is 9.71. The van der Waals surface area contributed by atoms with Crippen molar-refractivity contribution >= 4 is 33.5 Å². The molecule has 12 heteroatoms. The summed E-state index contributed by atoms with van der Waals surface area (Å²) < 4.78 is 52.2. The minimum Gasteiger partial charge on any atom is -0.508 e. The predicted octanol–water partition coefficient (Wildman–Crippen LogP) is 5.65. The molecule has 3 atom stereocenters. The molecule has 2 aromatic carbocycles. The van der Waals surface area contributed by atoms with Crippen LogP contribution in [-0.4, -0.2) is 80.5 Å². The van der Waals surface area contributed by atoms with E-state index in [2.05, 4.69) is 19.9 Å². The Balaban J connectivity index is 1.38. The van der Waals surface area contributed by atoms with Crippen molar-refractivity contribution in [2.24, 2.45) is 5.92 Å². The maximum absolute atomic E-state index is 16.7. The van der Waals surface area contributed by atoms with Crippen molar-refractivity contribution in [1.29, 1.82) is 0 Å². The molecule has 0 spiro atoms. The van der Waals surface area contributed by atoms with Gasteiger partial charge in [-0.05, 0) is 73.2 Å². The number of rotatable bonds is 7. The van der Waals surface area contributed by atoms with E-state index in [1.165, 1.54) is 30.5 Å². The highest BCUT2D eigenvalue weighted by atomic mass is 19.1. The molecule has 3 saturated heterocycles. The number of aromatic nitrogens is 3. The zero-order valence-electron chi connectivity index (χ0n) is 24.9. The number of piperidine rings is 1. The quantitative estimate of drug-likeness (QED) is 0.271. The fraction of sp³-hybridized carbons (Fsp3) is 0.455. The van der Waals surface area contributed by atoms with Crippen LogP contribution in [0, 0.1) is 17.6 Å². The first-order valence-corrected chi connectivity index (χ1v) is 15.5. The summed E-state index contributed by atoms with van der Waals surface area (Å²) in [6.07, 6.45) is 3.95. The maximum Gasteiger partial charge on any atom is 0.319 e. The topological polar surface area (TPSA) is 112 Å². The molecule has 4 aromatic rings. The van der Waals surface area contributed by atoms with E-state index in [4.69, 9.17) is 4.74 Å². The van der Waals surface area contributed by atoms with Crippen LogP contribution in [0.4, 0.5) is 19.0 Å². The molecule has 7 rings (SSSR count). The molecule has 2 aromatic heterocycles. The molecule has 5 heterocycles. The first kappa shape index (κ1) is 29.5. The van der Waals surface area contributed by atoms with Gasteiger partial charge in [0, 0.05) is 37.8 Å². The number of aromatic hydroxyl groups is 1. The molecular formula is C33H34F3N5O4. The van der Waals surface area contributed by atoms with E-state index in [1.807, 2.05) is 0 Å². The average Bonchev–Trinajstić information content (AvgIpc) is 3.55. The summed E-state index contributed by atoms with van der Waals surface area (Å²) in [6.45, 7) is 3.72. The smallest absolute Gasteiger partial charge is 0.319 e. The number of phenolic OH excluding ortho intramolecular Hbond substituents is 1. The summed E-state index contributed by atoms with van der Waals surface area (Å²) in [5, 5.41) is 21.5. The van der Waals surface area contributed by atoms with Gasteiger partial charge in [0.05, 0.1) is 16.8 Å². The molecule has 9 nitrogen and oxygen atoms in total. The number of anilines is 1. The van der Waals surface area contributed by atoms with Gasteiger partial charge in [-0.3, -0.25) is 14.7 Å². The highest BCUT2D eigenvalue weighted by Gasteiger charge is 2.49. The van der Waals surface area contributed by atoms with Gasteiger partial charge in [0.15, 0.2) is 5.82 Å². The summed E-state index contributed by atoms with van der Waals surface area (Å²) in [5.74, 6) is -2.63. The lowest BCUT2D eigenvalue weighted by Gasteiger charge is -2.33. The monoisotopic (exact) mass is 621 g/mol. The van der Waals surface area contributed by atoms with E-state index in [0.717, 1.165) is 19.4 Å². The second-order valence-corrected chi connectivity index (χ2v) is 12.5. The van der Waals surface area contributed by atoms with Crippen LogP contribution >= 0.6 is 0 Å². The average molecular weight is 622 g/mol. The maximum atomic E-state index is 16.7. The van der Waals surface area contributed by atoms with Crippen LogP contribution in [0.2, 0.25) is 0 Å². The summed E-state index contributed by atoms with van der Waals surface area (Å²) in [5.41, 5.74) is -0.127. The zero-order valence-corrected chi connectivity index (χ0v) is 24.9. The van der Waals surface area contributed by atoms with Gasteiger partial charge >= 0.3 is 12.0 Å². The van der Waals surface area contributed by atoms with Crippen LogP contribution in [0.5, 0.6) is 11.8 Å². The van der Waals surface area contributed by atoms with Crippen LogP contribution in [0.15, 0.2) is 30.5 Å². The lowest BCUT2D eigenvalue weighted by atomic mass is 9.94. The predicted molar refractivity (Wildman–Crippen MR) is 162 cm³/mol. The Kier molecular flexibility index (Phi) is 7.42. The highest BCUT2D eigenvalue weighted by molar-refractivity contribution is 6.01. The number of alkyl halides is 1. The molecule has 1 unspecified atom stereocenters. The molecule has 0 saturated carbocycles. The SMILES string of the molecule is CCc1c(F)ccc2cc(O)cc(-c3ncc4c(N5CCCC(C(=O)O)C5)nc(OC[C@@]56CCCN5C[C@H](F)C6)nc4c3F)c12. The first-order chi connectivity index (χ1) is 21.7. The normalized spacial score (nSPS) is 23.6. The van der Waals surface area contributed by atoms with Gasteiger partial charge in [-0.25, -0.2) is 13.2 Å². The Hall–Kier alpha value is -4.19. The third-order valence-corrected chi connectivity index (χ3v) is 9.71. The molecule has 0 amide bonds. The molecule has 0 radical (unpaired) electrons. The van der Waals surface area contributed by atoms with Crippen molar-refractivity contribution in [2.45, 2.75) is 57.2 Å². The van der Waals surface area contributed by atoms with Crippen molar-refractivity contribution in [3.05, 3.63) is 47.7 Å². The molecule has 3 fully saturated rings. The molecule has 2 N–H and O–H groups in total. The lowest BCUT2D eigenvalue weighted by molar-refractivity contribution is -0.141. The van der Waals surface area contributed by atoms with Gasteiger partial charge in [-0.1, -0.05) is 13.0 Å². The van der Waals surface area contributed by atoms with Gasteiger partial charge in [0.1, 0.15) is 41.4 Å². The number of carbonyl (C=O) groups is 1. The first-order valence-electron chi connectivity index (χ1n) is 15.5. The highest BCUT2D eigenvalue weighted by Crippen LogP contribution is 2.42. The van der Waals surface area contributed by atoms with Gasteiger partial charge in [-0.2, -0.15) is 9.97 Å². The molecule has 3 aliphatic heterocycles. The molecule has 0 aliphatic carbocycles. The van der Waals surface area contributed by atoms with E-state index < -0.39 is 35.2 Å². The summed E-state index contributed by atoms with van der Waals surface area (Å²) >= 11 is 0. The third kappa shape index (κ3) is 5.08. The Morgan fingerprint density at radius 1 is 1.16 bits per heavy atom. The number of phenols is 1. The standard InChI is InChI=1S/C33H34F3N5O4/c1-2-22-25(35)7-6-18-11-21(42)12-23(26(18)22)28-27(36)29-24(14-37-28)30(40-9-3-5-19(15-40)31(43)44)39-32(38-29)45-17-33-8-4-10-41(33)16-20(34)13-33/h6-7,11-12,14,19-20,42H,2-5,8-10,13,15-17H2,1H3,(H,43,44)/t19?,20-,33+/m1/s1. The van der Waals surface area contributed by atoms with E-state index in [-0.39, 0.29) is 47.1 Å². The fourth-order valence-electron chi connectivity index (χ4n) is 7.57. The number of fused-ring (bicyclic) bond motifs is 3. The number of nitrogens with zero attached hydrogens (tertiary/aromatic N) is 5. The van der Waals surface area contributed by atoms with Gasteiger partial charge in [0.25, 0.3) is 0 Å². The van der Waals surface area contributed by atoms with E-state index in [0.29, 0.717) is 60.9 Å². The molecular weight excluding hydrogens is 587 g/mol. The van der Waals surface area contributed by atoms with Crippen molar-refractivity contribution in [3.8, 4) is 23.0 Å². The van der Waals surface area contributed by atoms with Crippen LogP contribution in [0.3, 0.4) is 0 Å². The van der Waals surface area contributed by atoms with E-state index in [1.54, 1.807) is 11.8 Å². The van der Waals surface area contributed by atoms with Crippen molar-refractivity contribution < 1.29 is 32.9 Å². The molecule has 0 bridgehead atoms. The number of benzene rings is 2. The number of hydrogen-bond donors (Lipinski definition) is 2. The second kappa shape index (κ2) is 11.3. The Bertz CT molecular complexity index is 1820. The van der Waals surface area contributed by atoms with Gasteiger partial charge in [-0.15, -0.1) is 0 Å². The van der Waals surface area contributed by atoms with Crippen molar-refractivity contribution in [2.75, 3.05) is 37.7 Å². The number of aliphatic carboxylic acids is 1. The Morgan fingerprint density at radius 2 is 2.00 bits per heavy atom. The van der Waals surface area contributed by atoms with Crippen LogP contribution in [0.1, 0.15) is 44.6 Å². The Labute approximate surface area is 257 Å². The van der Waals surface area contributed by atoms with Gasteiger partial charge < -0.3 is 19.8 Å². The second-order valence-electron chi connectivity index (χ2n) is 12.5. The summed E-state index contributed by atoms with van der Waals surface area (Å²) in [4.78, 5) is 29.3.